The van der Waals surface area contributed by atoms with Crippen molar-refractivity contribution in [1.82, 2.24) is 4.98 Å². The number of hydrogen-bond donors (Lipinski definition) is 1. The zero-order valence-corrected chi connectivity index (χ0v) is 11.2. The van der Waals surface area contributed by atoms with Gasteiger partial charge >= 0.3 is 0 Å². The van der Waals surface area contributed by atoms with Gasteiger partial charge in [0.05, 0.1) is 13.2 Å². The van der Waals surface area contributed by atoms with Crippen LogP contribution in [-0.4, -0.2) is 12.1 Å². The molecule has 1 unspecified atom stereocenters. The second kappa shape index (κ2) is 5.57. The summed E-state index contributed by atoms with van der Waals surface area (Å²) < 4.78 is 5.24. The maximum Gasteiger partial charge on any atom is 0.142 e. The predicted octanol–water partition coefficient (Wildman–Crippen LogP) is 3.45. The Hall–Kier alpha value is -1.29. The first kappa shape index (κ1) is 13.1. The Balaban J connectivity index is 2.44. The van der Waals surface area contributed by atoms with Gasteiger partial charge in [0.1, 0.15) is 11.4 Å². The van der Waals surface area contributed by atoms with E-state index >= 15 is 0 Å². The van der Waals surface area contributed by atoms with Crippen LogP contribution in [0.15, 0.2) is 36.5 Å². The Morgan fingerprint density at radius 3 is 2.50 bits per heavy atom. The molecule has 0 saturated heterocycles. The third kappa shape index (κ3) is 2.75. The smallest absolute Gasteiger partial charge is 0.142 e. The van der Waals surface area contributed by atoms with Gasteiger partial charge in [-0.25, -0.2) is 0 Å². The summed E-state index contributed by atoms with van der Waals surface area (Å²) in [6, 6.07) is 8.37. The van der Waals surface area contributed by atoms with Crippen LogP contribution in [0.1, 0.15) is 17.3 Å². The summed E-state index contributed by atoms with van der Waals surface area (Å²) in [6.07, 6.45) is 1.67. The van der Waals surface area contributed by atoms with Gasteiger partial charge in [0.2, 0.25) is 0 Å². The molecule has 0 saturated carbocycles. The van der Waals surface area contributed by atoms with Crippen molar-refractivity contribution < 1.29 is 4.74 Å². The zero-order chi connectivity index (χ0) is 13.1. The molecule has 94 valence electrons. The molecule has 0 fully saturated rings. The minimum atomic E-state index is -0.433. The SMILES string of the molecule is COc1cccnc1C(N)c1cc(Cl)cc(Cl)c1. The molecule has 2 rings (SSSR count). The molecule has 2 N–H and O–H groups in total. The van der Waals surface area contributed by atoms with Crippen molar-refractivity contribution in [2.24, 2.45) is 5.73 Å². The van der Waals surface area contributed by atoms with E-state index in [0.717, 1.165) is 5.56 Å². The monoisotopic (exact) mass is 282 g/mol. The van der Waals surface area contributed by atoms with Gasteiger partial charge in [0, 0.05) is 16.2 Å². The number of halogens is 2. The molecule has 1 heterocycles. The second-order valence-electron chi connectivity index (χ2n) is 3.77. The van der Waals surface area contributed by atoms with Gasteiger partial charge in [0.25, 0.3) is 0 Å². The molecule has 0 aliphatic heterocycles. The number of aromatic nitrogens is 1. The minimum absolute atomic E-state index is 0.433. The van der Waals surface area contributed by atoms with Crippen LogP contribution in [-0.2, 0) is 0 Å². The molecule has 5 heteroatoms. The van der Waals surface area contributed by atoms with Crippen molar-refractivity contribution in [2.75, 3.05) is 7.11 Å². The average molecular weight is 283 g/mol. The van der Waals surface area contributed by atoms with Gasteiger partial charge in [-0.1, -0.05) is 23.2 Å². The Morgan fingerprint density at radius 2 is 1.89 bits per heavy atom. The Bertz CT molecular complexity index is 540. The van der Waals surface area contributed by atoms with Gasteiger partial charge in [0.15, 0.2) is 0 Å². The number of pyridine rings is 1. The summed E-state index contributed by atoms with van der Waals surface area (Å²) >= 11 is 11.9. The fraction of sp³-hybridized carbons (Fsp3) is 0.154. The first-order chi connectivity index (χ1) is 8.61. The van der Waals surface area contributed by atoms with E-state index in [-0.39, 0.29) is 0 Å². The van der Waals surface area contributed by atoms with Gasteiger partial charge in [-0.15, -0.1) is 0 Å². The van der Waals surface area contributed by atoms with Crippen molar-refractivity contribution >= 4 is 23.2 Å². The Morgan fingerprint density at radius 1 is 1.22 bits per heavy atom. The van der Waals surface area contributed by atoms with Crippen LogP contribution in [0.2, 0.25) is 10.0 Å². The first-order valence-corrected chi connectivity index (χ1v) is 6.08. The lowest BCUT2D eigenvalue weighted by atomic mass is 10.0. The lowest BCUT2D eigenvalue weighted by Crippen LogP contribution is -2.14. The van der Waals surface area contributed by atoms with E-state index in [1.165, 1.54) is 0 Å². The summed E-state index contributed by atoms with van der Waals surface area (Å²) in [6.45, 7) is 0. The van der Waals surface area contributed by atoms with E-state index in [2.05, 4.69) is 4.98 Å². The lowest BCUT2D eigenvalue weighted by molar-refractivity contribution is 0.404. The molecule has 1 aromatic heterocycles. The molecule has 0 radical (unpaired) electrons. The molecule has 0 aliphatic carbocycles. The number of hydrogen-bond acceptors (Lipinski definition) is 3. The number of rotatable bonds is 3. The third-order valence-corrected chi connectivity index (χ3v) is 2.99. The number of nitrogens with zero attached hydrogens (tertiary/aromatic N) is 1. The van der Waals surface area contributed by atoms with Crippen molar-refractivity contribution in [1.29, 1.82) is 0 Å². The van der Waals surface area contributed by atoms with Crippen LogP contribution in [0.5, 0.6) is 5.75 Å². The van der Waals surface area contributed by atoms with Gasteiger partial charge < -0.3 is 10.5 Å². The van der Waals surface area contributed by atoms with Crippen molar-refractivity contribution in [3.63, 3.8) is 0 Å². The summed E-state index contributed by atoms with van der Waals surface area (Å²) in [4.78, 5) is 4.25. The number of methoxy groups -OCH3 is 1. The maximum atomic E-state index is 6.17. The van der Waals surface area contributed by atoms with Crippen molar-refractivity contribution in [3.05, 3.63) is 57.8 Å². The molecule has 2 aromatic rings. The molecule has 0 amide bonds. The molecule has 1 atom stereocenters. The zero-order valence-electron chi connectivity index (χ0n) is 9.73. The highest BCUT2D eigenvalue weighted by Gasteiger charge is 2.16. The van der Waals surface area contributed by atoms with Crippen LogP contribution in [0.3, 0.4) is 0 Å². The standard InChI is InChI=1S/C13H12Cl2N2O/c1-18-11-3-2-4-17-13(11)12(16)8-5-9(14)7-10(15)6-8/h2-7,12H,16H2,1H3. The van der Waals surface area contributed by atoms with Crippen molar-refractivity contribution in [2.45, 2.75) is 6.04 Å². The van der Waals surface area contributed by atoms with Crippen LogP contribution in [0.25, 0.3) is 0 Å². The summed E-state index contributed by atoms with van der Waals surface area (Å²) in [5, 5.41) is 1.09. The average Bonchev–Trinajstić information content (AvgIpc) is 2.36. The largest absolute Gasteiger partial charge is 0.495 e. The highest BCUT2D eigenvalue weighted by Crippen LogP contribution is 2.29. The van der Waals surface area contributed by atoms with Crippen LogP contribution in [0.4, 0.5) is 0 Å². The minimum Gasteiger partial charge on any atom is -0.495 e. The molecular weight excluding hydrogens is 271 g/mol. The number of ether oxygens (including phenoxy) is 1. The summed E-state index contributed by atoms with van der Waals surface area (Å²) in [5.41, 5.74) is 7.62. The quantitative estimate of drug-likeness (QED) is 0.938. The highest BCUT2D eigenvalue weighted by atomic mass is 35.5. The van der Waals surface area contributed by atoms with E-state index in [9.17, 15) is 0 Å². The topological polar surface area (TPSA) is 48.1 Å². The van der Waals surface area contributed by atoms with Gasteiger partial charge in [-0.2, -0.15) is 0 Å². The van der Waals surface area contributed by atoms with E-state index in [1.807, 2.05) is 6.07 Å². The van der Waals surface area contributed by atoms with Crippen LogP contribution < -0.4 is 10.5 Å². The fourth-order valence-corrected chi connectivity index (χ4v) is 2.26. The van der Waals surface area contributed by atoms with Gasteiger partial charge in [-0.05, 0) is 35.9 Å². The summed E-state index contributed by atoms with van der Waals surface area (Å²) in [5.74, 6) is 0.640. The molecule has 0 aliphatic rings. The van der Waals surface area contributed by atoms with Crippen LogP contribution >= 0.6 is 23.2 Å². The van der Waals surface area contributed by atoms with Gasteiger partial charge in [-0.3, -0.25) is 4.98 Å². The third-order valence-electron chi connectivity index (χ3n) is 2.56. The summed E-state index contributed by atoms with van der Waals surface area (Å²) in [7, 11) is 1.58. The fourth-order valence-electron chi connectivity index (χ4n) is 1.72. The second-order valence-corrected chi connectivity index (χ2v) is 4.64. The normalized spacial score (nSPS) is 12.2. The number of nitrogens with two attached hydrogens (primary N) is 1. The molecule has 0 spiro atoms. The van der Waals surface area contributed by atoms with E-state index in [0.29, 0.717) is 21.5 Å². The maximum absolute atomic E-state index is 6.17. The predicted molar refractivity (Wildman–Crippen MR) is 73.3 cm³/mol. The first-order valence-electron chi connectivity index (χ1n) is 5.32. The molecule has 1 aromatic carbocycles. The lowest BCUT2D eigenvalue weighted by Gasteiger charge is -2.15. The highest BCUT2D eigenvalue weighted by molar-refractivity contribution is 6.34. The van der Waals surface area contributed by atoms with Crippen molar-refractivity contribution in [3.8, 4) is 5.75 Å². The molecule has 3 nitrogen and oxygen atoms in total. The Labute approximate surface area is 115 Å². The van der Waals surface area contributed by atoms with E-state index in [4.69, 9.17) is 33.7 Å². The van der Waals surface area contributed by atoms with E-state index < -0.39 is 6.04 Å². The van der Waals surface area contributed by atoms with Crippen LogP contribution in [0, 0.1) is 0 Å². The number of benzene rings is 1. The molecular formula is C13H12Cl2N2O. The molecule has 18 heavy (non-hydrogen) atoms. The van der Waals surface area contributed by atoms with E-state index in [1.54, 1.807) is 37.6 Å². The molecule has 0 bridgehead atoms. The Kier molecular flexibility index (Phi) is 4.07.